The van der Waals surface area contributed by atoms with E-state index in [1.165, 1.54) is 23.8 Å². The van der Waals surface area contributed by atoms with Crippen LogP contribution in [0.2, 0.25) is 0 Å². The maximum atomic E-state index is 8.79. The summed E-state index contributed by atoms with van der Waals surface area (Å²) in [6, 6.07) is 23.3. The van der Waals surface area contributed by atoms with Crippen LogP contribution in [0.4, 0.5) is 11.4 Å². The average Bonchev–Trinajstić information content (AvgIpc) is 3.07. The number of aliphatic imine (C=N–C) groups is 2. The molecule has 44 heavy (non-hydrogen) atoms. The van der Waals surface area contributed by atoms with Crippen molar-refractivity contribution in [2.75, 3.05) is 36.0 Å². The Hall–Kier alpha value is -6.10. The summed E-state index contributed by atoms with van der Waals surface area (Å²) >= 11 is 0. The zero-order valence-corrected chi connectivity index (χ0v) is 25.6. The minimum atomic E-state index is -0.185. The van der Waals surface area contributed by atoms with Crippen molar-refractivity contribution in [1.29, 1.82) is 21.0 Å². The Bertz CT molecular complexity index is 1420. The van der Waals surface area contributed by atoms with Gasteiger partial charge in [-0.3, -0.25) is 0 Å². The second-order valence-corrected chi connectivity index (χ2v) is 8.77. The molecule has 0 radical (unpaired) electrons. The second-order valence-electron chi connectivity index (χ2n) is 8.77. The number of benzene rings is 2. The fourth-order valence-corrected chi connectivity index (χ4v) is 3.74. The summed E-state index contributed by atoms with van der Waals surface area (Å²) in [7, 11) is 0. The predicted octanol–water partition coefficient (Wildman–Crippen LogP) is 5.67. The molecular formula is C34H38N10. The first kappa shape index (κ1) is 35.9. The number of rotatable bonds is 12. The van der Waals surface area contributed by atoms with Gasteiger partial charge < -0.3 is 21.3 Å². The number of hydrogen-bond donors (Lipinski definition) is 2. The lowest BCUT2D eigenvalue weighted by Gasteiger charge is -2.20. The summed E-state index contributed by atoms with van der Waals surface area (Å²) in [5.74, 6) is 0. The Morgan fingerprint density at radius 3 is 1.16 bits per heavy atom. The third-order valence-corrected chi connectivity index (χ3v) is 6.16. The van der Waals surface area contributed by atoms with Crippen molar-refractivity contribution in [3.63, 3.8) is 0 Å². The van der Waals surface area contributed by atoms with E-state index in [0.29, 0.717) is 0 Å². The van der Waals surface area contributed by atoms with Crippen LogP contribution in [0.1, 0.15) is 38.8 Å². The average molecular weight is 587 g/mol. The molecule has 2 aromatic carbocycles. The van der Waals surface area contributed by atoms with E-state index in [-0.39, 0.29) is 22.8 Å². The van der Waals surface area contributed by atoms with Gasteiger partial charge in [0.05, 0.1) is 0 Å². The van der Waals surface area contributed by atoms with Gasteiger partial charge in [-0.15, -0.1) is 0 Å². The number of allylic oxidation sites excluding steroid dienone is 6. The van der Waals surface area contributed by atoms with Gasteiger partial charge in [0.1, 0.15) is 35.7 Å². The van der Waals surface area contributed by atoms with Crippen LogP contribution in [-0.2, 0) is 0 Å². The van der Waals surface area contributed by atoms with E-state index in [1.54, 1.807) is 36.4 Å². The highest BCUT2D eigenvalue weighted by Crippen LogP contribution is 2.16. The quantitative estimate of drug-likeness (QED) is 0.236. The van der Waals surface area contributed by atoms with Gasteiger partial charge in [0.25, 0.3) is 0 Å². The minimum Gasteiger partial charge on any atom is -0.388 e. The molecule has 4 N–H and O–H groups in total. The van der Waals surface area contributed by atoms with Gasteiger partial charge in [0, 0.05) is 50.0 Å². The monoisotopic (exact) mass is 586 g/mol. The van der Waals surface area contributed by atoms with Gasteiger partial charge in [0.2, 0.25) is 0 Å². The van der Waals surface area contributed by atoms with Gasteiger partial charge in [-0.05, 0) is 75.2 Å². The maximum Gasteiger partial charge on any atom is 0.174 e. The molecule has 0 heterocycles. The van der Waals surface area contributed by atoms with Crippen LogP contribution < -0.4 is 21.3 Å². The molecule has 0 saturated carbocycles. The fraction of sp³-hybridized carbons (Fsp3) is 0.235. The van der Waals surface area contributed by atoms with Crippen molar-refractivity contribution in [3.05, 3.63) is 94.6 Å². The molecule has 0 unspecified atom stereocenters. The molecule has 0 amide bonds. The van der Waals surface area contributed by atoms with Gasteiger partial charge in [-0.25, -0.2) is 9.98 Å². The van der Waals surface area contributed by atoms with Crippen LogP contribution in [0.15, 0.2) is 93.5 Å². The van der Waals surface area contributed by atoms with Crippen LogP contribution in [-0.4, -0.2) is 38.6 Å². The van der Waals surface area contributed by atoms with Crippen LogP contribution in [0, 0.1) is 45.3 Å². The lowest BCUT2D eigenvalue weighted by atomic mass is 10.2. The Morgan fingerprint density at radius 2 is 0.909 bits per heavy atom. The highest BCUT2D eigenvalue weighted by atomic mass is 15.1. The van der Waals surface area contributed by atoms with Crippen LogP contribution in [0.3, 0.4) is 0 Å². The summed E-state index contributed by atoms with van der Waals surface area (Å²) in [6.07, 6.45) is 10.0. The normalized spacial score (nSPS) is 12.0. The lowest BCUT2D eigenvalue weighted by Crippen LogP contribution is -2.21. The third-order valence-electron chi connectivity index (χ3n) is 6.16. The number of nitriles is 4. The molecular weight excluding hydrogens is 548 g/mol. The molecule has 2 rings (SSSR count). The third kappa shape index (κ3) is 12.2. The SMILES string of the molecule is CCN(CC)c1ccc(/C=C/C=N/C(C#N)=C(\N)C#N)cc1.CCN(CC)c1ccc(/C=C/C=N/C(C#N)=C(\N)C#N)cc1. The van der Waals surface area contributed by atoms with E-state index in [2.05, 4.69) is 71.7 Å². The number of hydrogen-bond acceptors (Lipinski definition) is 10. The van der Waals surface area contributed by atoms with Crippen LogP contribution >= 0.6 is 0 Å². The molecule has 2 aromatic rings. The highest BCUT2D eigenvalue weighted by molar-refractivity contribution is 5.80. The van der Waals surface area contributed by atoms with Crippen molar-refractivity contribution in [3.8, 4) is 24.3 Å². The van der Waals surface area contributed by atoms with Gasteiger partial charge >= 0.3 is 0 Å². The van der Waals surface area contributed by atoms with Crippen molar-refractivity contribution in [2.24, 2.45) is 21.5 Å². The second kappa shape index (κ2) is 20.7. The molecule has 0 fully saturated rings. The first-order chi connectivity index (χ1) is 21.3. The molecule has 10 heteroatoms. The molecule has 0 spiro atoms. The number of nitrogens with zero attached hydrogens (tertiary/aromatic N) is 8. The maximum absolute atomic E-state index is 8.79. The number of anilines is 2. The zero-order valence-electron chi connectivity index (χ0n) is 25.6. The molecule has 0 atom stereocenters. The summed E-state index contributed by atoms with van der Waals surface area (Å²) in [5.41, 5.74) is 14.6. The molecule has 0 aliphatic heterocycles. The molecule has 0 aromatic heterocycles. The van der Waals surface area contributed by atoms with Gasteiger partial charge in [-0.2, -0.15) is 21.0 Å². The van der Waals surface area contributed by atoms with Crippen molar-refractivity contribution >= 4 is 36.0 Å². The smallest absolute Gasteiger partial charge is 0.174 e. The fourth-order valence-electron chi connectivity index (χ4n) is 3.74. The van der Waals surface area contributed by atoms with E-state index >= 15 is 0 Å². The van der Waals surface area contributed by atoms with Crippen molar-refractivity contribution < 1.29 is 0 Å². The van der Waals surface area contributed by atoms with E-state index in [1.807, 2.05) is 36.4 Å². The topological polar surface area (TPSA) is 178 Å². The summed E-state index contributed by atoms with van der Waals surface area (Å²) in [6.45, 7) is 12.4. The molecule has 0 aliphatic carbocycles. The Morgan fingerprint density at radius 1 is 0.591 bits per heavy atom. The van der Waals surface area contributed by atoms with Crippen molar-refractivity contribution in [2.45, 2.75) is 27.7 Å². The molecule has 224 valence electrons. The highest BCUT2D eigenvalue weighted by Gasteiger charge is 2.01. The Labute approximate surface area is 260 Å². The zero-order chi connectivity index (χ0) is 32.7. The van der Waals surface area contributed by atoms with E-state index in [4.69, 9.17) is 32.5 Å². The van der Waals surface area contributed by atoms with Gasteiger partial charge in [-0.1, -0.05) is 36.4 Å². The lowest BCUT2D eigenvalue weighted by molar-refractivity contribution is 0.866. The summed E-state index contributed by atoms with van der Waals surface area (Å²) in [5, 5.41) is 34.8. The largest absolute Gasteiger partial charge is 0.388 e. The molecule has 0 saturated heterocycles. The van der Waals surface area contributed by atoms with Gasteiger partial charge in [0.15, 0.2) is 11.4 Å². The Kier molecular flexibility index (Phi) is 16.9. The van der Waals surface area contributed by atoms with Crippen LogP contribution in [0.5, 0.6) is 0 Å². The molecule has 10 nitrogen and oxygen atoms in total. The molecule has 0 aliphatic rings. The minimum absolute atomic E-state index is 0.0796. The van der Waals surface area contributed by atoms with E-state index in [9.17, 15) is 0 Å². The van der Waals surface area contributed by atoms with E-state index < -0.39 is 0 Å². The first-order valence-electron chi connectivity index (χ1n) is 14.0. The Balaban J connectivity index is 0.000000440. The first-order valence-corrected chi connectivity index (χ1v) is 14.0. The van der Waals surface area contributed by atoms with Crippen LogP contribution in [0.25, 0.3) is 12.2 Å². The number of nitrogens with two attached hydrogens (primary N) is 2. The standard InChI is InChI=1S/2C17H19N5/c2*1-3-22(4-2)15-9-7-14(8-10-15)6-5-11-21-17(13-19)16(20)12-18/h2*5-11H,3-4,20H2,1-2H3/b2*6-5+,17-16-,21-11+. The predicted molar refractivity (Wildman–Crippen MR) is 180 cm³/mol. The summed E-state index contributed by atoms with van der Waals surface area (Å²) < 4.78 is 0. The van der Waals surface area contributed by atoms with E-state index in [0.717, 1.165) is 37.3 Å². The van der Waals surface area contributed by atoms with Crippen molar-refractivity contribution in [1.82, 2.24) is 0 Å². The summed E-state index contributed by atoms with van der Waals surface area (Å²) in [4.78, 5) is 12.2. The molecule has 0 bridgehead atoms.